The van der Waals surface area contributed by atoms with Gasteiger partial charge in [0.05, 0.1) is 7.11 Å². The molecule has 0 unspecified atom stereocenters. The molecule has 0 radical (unpaired) electrons. The van der Waals surface area contributed by atoms with Gasteiger partial charge in [0.25, 0.3) is 0 Å². The lowest BCUT2D eigenvalue weighted by atomic mass is 9.93. The lowest BCUT2D eigenvalue weighted by Crippen LogP contribution is -2.33. The molecule has 30 heavy (non-hydrogen) atoms. The minimum absolute atomic E-state index is 0.117. The summed E-state index contributed by atoms with van der Waals surface area (Å²) in [4.78, 5) is 5.01. The van der Waals surface area contributed by atoms with Gasteiger partial charge in [-0.2, -0.15) is 0 Å². The SMILES string of the molecule is CCc1ccc(C2=N[C@H](c3ccc(OC)cc3)N[C@H](c3cc(Cl)ccc3O)C2)cc1. The second-order valence-corrected chi connectivity index (χ2v) is 7.86. The van der Waals surface area contributed by atoms with E-state index >= 15 is 0 Å². The molecular formula is C25H25ClN2O2. The van der Waals surface area contributed by atoms with Gasteiger partial charge in [-0.3, -0.25) is 10.3 Å². The van der Waals surface area contributed by atoms with Crippen LogP contribution in [0.2, 0.25) is 5.02 Å². The van der Waals surface area contributed by atoms with E-state index in [9.17, 15) is 5.11 Å². The fourth-order valence-electron chi connectivity index (χ4n) is 3.78. The number of methoxy groups -OCH3 is 1. The van der Waals surface area contributed by atoms with Crippen molar-refractivity contribution in [1.29, 1.82) is 0 Å². The van der Waals surface area contributed by atoms with Gasteiger partial charge >= 0.3 is 0 Å². The highest BCUT2D eigenvalue weighted by Crippen LogP contribution is 2.36. The van der Waals surface area contributed by atoms with Crippen LogP contribution in [-0.2, 0) is 6.42 Å². The molecule has 1 aliphatic heterocycles. The van der Waals surface area contributed by atoms with E-state index in [-0.39, 0.29) is 18.0 Å². The molecule has 2 N–H and O–H groups in total. The van der Waals surface area contributed by atoms with E-state index in [4.69, 9.17) is 21.3 Å². The van der Waals surface area contributed by atoms with E-state index in [0.717, 1.165) is 34.6 Å². The molecule has 0 amide bonds. The van der Waals surface area contributed by atoms with Crippen LogP contribution in [0.1, 0.15) is 47.8 Å². The summed E-state index contributed by atoms with van der Waals surface area (Å²) in [6.07, 6.45) is 1.42. The molecule has 4 rings (SSSR count). The number of ether oxygens (including phenoxy) is 1. The number of aromatic hydroxyl groups is 1. The first-order valence-corrected chi connectivity index (χ1v) is 10.5. The molecule has 0 aliphatic carbocycles. The Morgan fingerprint density at radius 2 is 1.80 bits per heavy atom. The smallest absolute Gasteiger partial charge is 0.126 e. The van der Waals surface area contributed by atoms with Gasteiger partial charge in [-0.1, -0.05) is 54.9 Å². The number of phenols is 1. The van der Waals surface area contributed by atoms with Crippen molar-refractivity contribution in [3.8, 4) is 11.5 Å². The first-order valence-electron chi connectivity index (χ1n) is 10.1. The zero-order valence-corrected chi connectivity index (χ0v) is 17.9. The van der Waals surface area contributed by atoms with Crippen molar-refractivity contribution in [3.63, 3.8) is 0 Å². The number of hydrogen-bond acceptors (Lipinski definition) is 4. The van der Waals surface area contributed by atoms with E-state index in [2.05, 4.69) is 36.5 Å². The van der Waals surface area contributed by atoms with Gasteiger partial charge in [-0.25, -0.2) is 0 Å². The van der Waals surface area contributed by atoms with Gasteiger partial charge in [-0.15, -0.1) is 0 Å². The molecule has 1 heterocycles. The quantitative estimate of drug-likeness (QED) is 0.545. The van der Waals surface area contributed by atoms with Crippen LogP contribution in [0.4, 0.5) is 0 Å². The average Bonchev–Trinajstić information content (AvgIpc) is 2.80. The van der Waals surface area contributed by atoms with Gasteiger partial charge in [0.15, 0.2) is 0 Å². The Bertz CT molecular complexity index is 1050. The van der Waals surface area contributed by atoms with Crippen molar-refractivity contribution in [2.75, 3.05) is 7.11 Å². The number of hydrogen-bond donors (Lipinski definition) is 2. The number of aliphatic imine (C=N–C) groups is 1. The number of phenolic OH excluding ortho intramolecular Hbond substituents is 1. The molecule has 1 aliphatic rings. The lowest BCUT2D eigenvalue weighted by Gasteiger charge is -2.31. The summed E-state index contributed by atoms with van der Waals surface area (Å²) in [7, 11) is 1.65. The average molecular weight is 421 g/mol. The molecule has 3 aromatic carbocycles. The van der Waals surface area contributed by atoms with E-state index < -0.39 is 0 Å². The van der Waals surface area contributed by atoms with E-state index in [1.165, 1.54) is 5.56 Å². The van der Waals surface area contributed by atoms with Crippen LogP contribution < -0.4 is 10.1 Å². The fourth-order valence-corrected chi connectivity index (χ4v) is 3.96. The second-order valence-electron chi connectivity index (χ2n) is 7.43. The Labute approximate surface area is 182 Å². The Kier molecular flexibility index (Phi) is 6.07. The minimum atomic E-state index is -0.242. The van der Waals surface area contributed by atoms with Crippen molar-refractivity contribution in [1.82, 2.24) is 5.32 Å². The Morgan fingerprint density at radius 3 is 2.47 bits per heavy atom. The van der Waals surface area contributed by atoms with Crippen LogP contribution >= 0.6 is 11.6 Å². The third kappa shape index (κ3) is 4.35. The van der Waals surface area contributed by atoms with Gasteiger partial charge in [0.2, 0.25) is 0 Å². The number of rotatable bonds is 5. The maximum absolute atomic E-state index is 10.5. The molecule has 0 fully saturated rings. The lowest BCUT2D eigenvalue weighted by molar-refractivity contribution is 0.408. The summed E-state index contributed by atoms with van der Waals surface area (Å²) in [5.41, 5.74) is 5.20. The third-order valence-electron chi connectivity index (χ3n) is 5.53. The number of halogens is 1. The first kappa shape index (κ1) is 20.5. The molecule has 0 aromatic heterocycles. The summed E-state index contributed by atoms with van der Waals surface area (Å²) in [6, 6.07) is 21.5. The van der Waals surface area contributed by atoms with Gasteiger partial charge < -0.3 is 9.84 Å². The van der Waals surface area contributed by atoms with E-state index in [0.29, 0.717) is 11.4 Å². The predicted octanol–water partition coefficient (Wildman–Crippen LogP) is 5.84. The Morgan fingerprint density at radius 1 is 1.07 bits per heavy atom. The van der Waals surface area contributed by atoms with Crippen LogP contribution in [0.5, 0.6) is 11.5 Å². The molecule has 0 bridgehead atoms. The van der Waals surface area contributed by atoms with Crippen molar-refractivity contribution in [2.24, 2.45) is 4.99 Å². The molecule has 5 heteroatoms. The highest BCUT2D eigenvalue weighted by molar-refractivity contribution is 6.30. The Balaban J connectivity index is 1.73. The van der Waals surface area contributed by atoms with Crippen LogP contribution in [-0.4, -0.2) is 17.9 Å². The highest BCUT2D eigenvalue weighted by atomic mass is 35.5. The standard InChI is InChI=1S/C25H25ClN2O2/c1-3-16-4-6-17(7-5-16)22-15-23(21-14-19(26)10-13-24(21)29)28-25(27-22)18-8-11-20(30-2)12-9-18/h4-14,23,25,28-29H,3,15H2,1-2H3/t23-,25-/m0/s1. The second kappa shape index (κ2) is 8.90. The molecule has 154 valence electrons. The summed E-state index contributed by atoms with van der Waals surface area (Å²) < 4.78 is 5.28. The maximum Gasteiger partial charge on any atom is 0.126 e. The van der Waals surface area contributed by atoms with Gasteiger partial charge in [0, 0.05) is 28.8 Å². The van der Waals surface area contributed by atoms with Crippen molar-refractivity contribution >= 4 is 17.3 Å². The summed E-state index contributed by atoms with van der Waals surface area (Å²) in [5, 5.41) is 14.6. The van der Waals surface area contributed by atoms with Crippen LogP contribution in [0.25, 0.3) is 0 Å². The molecule has 0 saturated heterocycles. The van der Waals surface area contributed by atoms with E-state index in [1.54, 1.807) is 19.2 Å². The minimum Gasteiger partial charge on any atom is -0.508 e. The maximum atomic E-state index is 10.5. The normalized spacial score (nSPS) is 18.7. The van der Waals surface area contributed by atoms with Crippen molar-refractivity contribution in [2.45, 2.75) is 32.0 Å². The molecule has 0 saturated carbocycles. The molecule has 0 spiro atoms. The largest absolute Gasteiger partial charge is 0.508 e. The Hall–Kier alpha value is -2.82. The number of benzene rings is 3. The van der Waals surface area contributed by atoms with Crippen LogP contribution in [0, 0.1) is 0 Å². The fraction of sp³-hybridized carbons (Fsp3) is 0.240. The third-order valence-corrected chi connectivity index (χ3v) is 5.77. The van der Waals surface area contributed by atoms with Crippen LogP contribution in [0.3, 0.4) is 0 Å². The monoisotopic (exact) mass is 420 g/mol. The number of nitrogens with one attached hydrogen (secondary N) is 1. The zero-order valence-electron chi connectivity index (χ0n) is 17.1. The van der Waals surface area contributed by atoms with Gasteiger partial charge in [-0.05, 0) is 53.4 Å². The van der Waals surface area contributed by atoms with Gasteiger partial charge in [0.1, 0.15) is 17.7 Å². The zero-order chi connectivity index (χ0) is 21.1. The number of aryl methyl sites for hydroxylation is 1. The molecule has 4 nitrogen and oxygen atoms in total. The molecule has 2 atom stereocenters. The first-order chi connectivity index (χ1) is 14.6. The van der Waals surface area contributed by atoms with E-state index in [1.807, 2.05) is 30.3 Å². The topological polar surface area (TPSA) is 53.8 Å². The van der Waals surface area contributed by atoms with Crippen molar-refractivity contribution < 1.29 is 9.84 Å². The van der Waals surface area contributed by atoms with Crippen LogP contribution in [0.15, 0.2) is 71.7 Å². The summed E-state index contributed by atoms with van der Waals surface area (Å²) >= 11 is 6.23. The summed E-state index contributed by atoms with van der Waals surface area (Å²) in [6.45, 7) is 2.15. The summed E-state index contributed by atoms with van der Waals surface area (Å²) in [5.74, 6) is 1.03. The molecular weight excluding hydrogens is 396 g/mol. The van der Waals surface area contributed by atoms with Crippen molar-refractivity contribution in [3.05, 3.63) is 94.0 Å². The molecule has 3 aromatic rings. The predicted molar refractivity (Wildman–Crippen MR) is 122 cm³/mol. The highest BCUT2D eigenvalue weighted by Gasteiger charge is 2.28. The number of nitrogens with zero attached hydrogens (tertiary/aromatic N) is 1.